The van der Waals surface area contributed by atoms with Crippen molar-refractivity contribution in [3.8, 4) is 5.75 Å². The molecule has 4 nitrogen and oxygen atoms in total. The van der Waals surface area contributed by atoms with Crippen LogP contribution in [-0.2, 0) is 11.4 Å². The summed E-state index contributed by atoms with van der Waals surface area (Å²) in [6, 6.07) is 19.6. The number of carbonyl (C=O) groups is 1. The van der Waals surface area contributed by atoms with E-state index in [0.717, 1.165) is 22.8 Å². The Bertz CT molecular complexity index is 850. The number of aryl methyl sites for hydroxylation is 1. The van der Waals surface area contributed by atoms with Crippen molar-refractivity contribution in [2.75, 3.05) is 11.1 Å². The topological polar surface area (TPSA) is 51.2 Å². The first-order chi connectivity index (χ1) is 13.2. The number of rotatable bonds is 8. The number of benzene rings is 2. The first-order valence-electron chi connectivity index (χ1n) is 8.80. The highest BCUT2D eigenvalue weighted by molar-refractivity contribution is 7.99. The van der Waals surface area contributed by atoms with Crippen LogP contribution in [0.1, 0.15) is 17.5 Å². The van der Waals surface area contributed by atoms with Crippen LogP contribution in [0.25, 0.3) is 0 Å². The number of thioether (sulfide) groups is 1. The molecule has 0 aliphatic rings. The Hall–Kier alpha value is -2.79. The first-order valence-corrected chi connectivity index (χ1v) is 9.79. The number of nitrogens with zero attached hydrogens (tertiary/aromatic N) is 1. The lowest BCUT2D eigenvalue weighted by Crippen LogP contribution is -2.12. The molecule has 0 unspecified atom stereocenters. The van der Waals surface area contributed by atoms with Crippen molar-refractivity contribution in [1.82, 2.24) is 4.98 Å². The van der Waals surface area contributed by atoms with Crippen LogP contribution in [0.4, 0.5) is 5.69 Å². The summed E-state index contributed by atoms with van der Waals surface area (Å²) in [7, 11) is 0. The van der Waals surface area contributed by atoms with Gasteiger partial charge >= 0.3 is 0 Å². The van der Waals surface area contributed by atoms with Crippen LogP contribution >= 0.6 is 11.8 Å². The molecule has 27 heavy (non-hydrogen) atoms. The Morgan fingerprint density at radius 3 is 2.56 bits per heavy atom. The highest BCUT2D eigenvalue weighted by Gasteiger charge is 2.04. The predicted molar refractivity (Wildman–Crippen MR) is 110 cm³/mol. The van der Waals surface area contributed by atoms with Gasteiger partial charge in [0, 0.05) is 40.7 Å². The molecular weight excluding hydrogens is 356 g/mol. The molecule has 2 aromatic carbocycles. The molecule has 1 heterocycles. The van der Waals surface area contributed by atoms with E-state index in [1.54, 1.807) is 24.2 Å². The standard InChI is InChI=1S/C22H22N2O2S/c1-17-4-10-21(11-5-17)27-14-12-22(25)24-19-6-8-20(9-7-19)26-16-18-3-2-13-23-15-18/h2-11,13,15H,12,14,16H2,1H3,(H,24,25). The Balaban J connectivity index is 1.40. The number of amides is 1. The molecule has 0 aliphatic carbocycles. The molecule has 1 amide bonds. The van der Waals surface area contributed by atoms with E-state index in [-0.39, 0.29) is 5.91 Å². The average molecular weight is 378 g/mol. The Morgan fingerprint density at radius 1 is 1.07 bits per heavy atom. The third kappa shape index (κ3) is 6.46. The lowest BCUT2D eigenvalue weighted by Gasteiger charge is -2.08. The highest BCUT2D eigenvalue weighted by atomic mass is 32.2. The van der Waals surface area contributed by atoms with Crippen molar-refractivity contribution in [2.45, 2.75) is 24.8 Å². The van der Waals surface area contributed by atoms with Gasteiger partial charge in [-0.3, -0.25) is 9.78 Å². The van der Waals surface area contributed by atoms with E-state index >= 15 is 0 Å². The lowest BCUT2D eigenvalue weighted by atomic mass is 10.2. The molecule has 0 saturated heterocycles. The van der Waals surface area contributed by atoms with E-state index in [4.69, 9.17) is 4.74 Å². The zero-order valence-corrected chi connectivity index (χ0v) is 16.0. The van der Waals surface area contributed by atoms with Crippen LogP contribution < -0.4 is 10.1 Å². The summed E-state index contributed by atoms with van der Waals surface area (Å²) in [6.45, 7) is 2.53. The number of anilines is 1. The van der Waals surface area contributed by atoms with Gasteiger partial charge in [0.1, 0.15) is 12.4 Å². The van der Waals surface area contributed by atoms with Crippen LogP contribution in [0, 0.1) is 6.92 Å². The van der Waals surface area contributed by atoms with Crippen LogP contribution in [0.2, 0.25) is 0 Å². The minimum absolute atomic E-state index is 0.0126. The monoisotopic (exact) mass is 378 g/mol. The third-order valence-corrected chi connectivity index (χ3v) is 4.90. The van der Waals surface area contributed by atoms with Crippen LogP contribution in [-0.4, -0.2) is 16.6 Å². The maximum absolute atomic E-state index is 12.1. The molecule has 138 valence electrons. The largest absolute Gasteiger partial charge is 0.489 e. The molecule has 0 fully saturated rings. The number of nitrogens with one attached hydrogen (secondary N) is 1. The molecule has 0 spiro atoms. The van der Waals surface area contributed by atoms with E-state index < -0.39 is 0 Å². The molecule has 3 aromatic rings. The second kappa shape index (κ2) is 9.78. The summed E-state index contributed by atoms with van der Waals surface area (Å²) in [5, 5.41) is 2.92. The van der Waals surface area contributed by atoms with Crippen molar-refractivity contribution >= 4 is 23.4 Å². The minimum atomic E-state index is 0.0126. The van der Waals surface area contributed by atoms with Crippen molar-refractivity contribution in [3.63, 3.8) is 0 Å². The fraction of sp³-hybridized carbons (Fsp3) is 0.182. The smallest absolute Gasteiger partial charge is 0.225 e. The summed E-state index contributed by atoms with van der Waals surface area (Å²) in [5.41, 5.74) is 3.03. The van der Waals surface area contributed by atoms with Crippen LogP contribution in [0.15, 0.2) is 78.0 Å². The van der Waals surface area contributed by atoms with Gasteiger partial charge in [-0.1, -0.05) is 23.8 Å². The number of aromatic nitrogens is 1. The first kappa shape index (κ1) is 19.0. The van der Waals surface area contributed by atoms with Crippen molar-refractivity contribution in [3.05, 3.63) is 84.2 Å². The lowest BCUT2D eigenvalue weighted by molar-refractivity contribution is -0.115. The van der Waals surface area contributed by atoms with Crippen LogP contribution in [0.5, 0.6) is 5.75 Å². The summed E-state index contributed by atoms with van der Waals surface area (Å²) in [5.74, 6) is 1.52. The molecule has 0 saturated carbocycles. The number of carbonyl (C=O) groups excluding carboxylic acids is 1. The maximum Gasteiger partial charge on any atom is 0.225 e. The highest BCUT2D eigenvalue weighted by Crippen LogP contribution is 2.20. The van der Waals surface area contributed by atoms with E-state index in [1.807, 2.05) is 36.4 Å². The molecule has 0 radical (unpaired) electrons. The second-order valence-corrected chi connectivity index (χ2v) is 7.30. The van der Waals surface area contributed by atoms with E-state index in [0.29, 0.717) is 13.0 Å². The summed E-state index contributed by atoms with van der Waals surface area (Å²) >= 11 is 1.69. The molecule has 1 N–H and O–H groups in total. The number of ether oxygens (including phenoxy) is 1. The Morgan fingerprint density at radius 2 is 1.85 bits per heavy atom. The van der Waals surface area contributed by atoms with Gasteiger partial charge in [0.25, 0.3) is 0 Å². The SMILES string of the molecule is Cc1ccc(SCCC(=O)Nc2ccc(OCc3cccnc3)cc2)cc1. The predicted octanol–water partition coefficient (Wildman–Crippen LogP) is 5.09. The molecule has 3 rings (SSSR count). The van der Waals surface area contributed by atoms with Gasteiger partial charge in [0.2, 0.25) is 5.91 Å². The molecule has 0 aliphatic heterocycles. The Kier molecular flexibility index (Phi) is 6.88. The van der Waals surface area contributed by atoms with Gasteiger partial charge in [-0.2, -0.15) is 0 Å². The quantitative estimate of drug-likeness (QED) is 0.555. The zero-order valence-electron chi connectivity index (χ0n) is 15.2. The molecular formula is C22H22N2O2S. The van der Waals surface area contributed by atoms with E-state index in [2.05, 4.69) is 41.5 Å². The van der Waals surface area contributed by atoms with E-state index in [1.165, 1.54) is 10.5 Å². The third-order valence-electron chi connectivity index (χ3n) is 3.89. The fourth-order valence-electron chi connectivity index (χ4n) is 2.40. The van der Waals surface area contributed by atoms with Crippen LogP contribution in [0.3, 0.4) is 0 Å². The molecule has 5 heteroatoms. The average Bonchev–Trinajstić information content (AvgIpc) is 2.70. The minimum Gasteiger partial charge on any atom is -0.489 e. The molecule has 0 bridgehead atoms. The van der Waals surface area contributed by atoms with Gasteiger partial charge in [0.05, 0.1) is 0 Å². The Labute approximate surface area is 164 Å². The second-order valence-electron chi connectivity index (χ2n) is 6.13. The fourth-order valence-corrected chi connectivity index (χ4v) is 3.26. The van der Waals surface area contributed by atoms with Gasteiger partial charge in [0.15, 0.2) is 0 Å². The number of hydrogen-bond donors (Lipinski definition) is 1. The summed E-state index contributed by atoms with van der Waals surface area (Å²) in [6.07, 6.45) is 3.99. The van der Waals surface area contributed by atoms with Gasteiger partial charge in [-0.25, -0.2) is 0 Å². The normalized spacial score (nSPS) is 10.4. The van der Waals surface area contributed by atoms with Crippen molar-refractivity contribution < 1.29 is 9.53 Å². The summed E-state index contributed by atoms with van der Waals surface area (Å²) < 4.78 is 5.72. The number of pyridine rings is 1. The molecule has 0 atom stereocenters. The van der Waals surface area contributed by atoms with Crippen molar-refractivity contribution in [1.29, 1.82) is 0 Å². The zero-order chi connectivity index (χ0) is 18.9. The van der Waals surface area contributed by atoms with E-state index in [9.17, 15) is 4.79 Å². The van der Waals surface area contributed by atoms with Gasteiger partial charge in [-0.05, 0) is 49.4 Å². The number of hydrogen-bond acceptors (Lipinski definition) is 4. The molecule has 1 aromatic heterocycles. The summed E-state index contributed by atoms with van der Waals surface area (Å²) in [4.78, 5) is 17.3. The van der Waals surface area contributed by atoms with Gasteiger partial charge < -0.3 is 10.1 Å². The maximum atomic E-state index is 12.1. The van der Waals surface area contributed by atoms with Gasteiger partial charge in [-0.15, -0.1) is 11.8 Å². The van der Waals surface area contributed by atoms with Crippen molar-refractivity contribution in [2.24, 2.45) is 0 Å².